The van der Waals surface area contributed by atoms with Gasteiger partial charge in [0.25, 0.3) is 0 Å². The smallest absolute Gasteiger partial charge is 1.00 e. The zero-order valence-electron chi connectivity index (χ0n) is 5.69. The van der Waals surface area contributed by atoms with Crippen LogP contribution in [-0.2, 0) is 0 Å². The molecular weight excluding hydrogens is 280 g/mol. The molecule has 0 aromatic rings. The first kappa shape index (κ1) is 11.9. The maximum atomic E-state index is 2.60. The first-order valence-corrected chi connectivity index (χ1v) is 3.80. The molecule has 0 aromatic heterocycles. The Balaban J connectivity index is 0. The van der Waals surface area contributed by atoms with Crippen molar-refractivity contribution in [1.82, 2.24) is 0 Å². The quantitative estimate of drug-likeness (QED) is 0.290. The Hall–Kier alpha value is 1.21. The maximum absolute atomic E-state index is 2.60. The Bertz CT molecular complexity index is 50.9. The first-order chi connectivity index (χ1) is 3.06. The second-order valence-corrected chi connectivity index (χ2v) is 3.68. The molecule has 0 radical (unpaired) electrons. The van der Waals surface area contributed by atoms with Gasteiger partial charge in [0.2, 0.25) is 0 Å². The molecule has 0 saturated carbocycles. The summed E-state index contributed by atoms with van der Waals surface area (Å²) in [5.74, 6) is 0. The van der Waals surface area contributed by atoms with Gasteiger partial charge in [-0.2, -0.15) is 0 Å². The molecule has 0 N–H and O–H groups in total. The molecule has 52 valence electrons. The van der Waals surface area contributed by atoms with E-state index in [0.29, 0.717) is 0 Å². The molecule has 0 fully saturated rings. The minimum Gasteiger partial charge on any atom is -1.00 e. The molecular formula is C5H14INSe. The SMILES string of the molecule is C[N+](C)(C)CC[SeH].[I-]. The maximum Gasteiger partial charge on any atom is -1.00 e. The van der Waals surface area contributed by atoms with Gasteiger partial charge in [0.15, 0.2) is 0 Å². The van der Waals surface area contributed by atoms with Crippen molar-refractivity contribution in [3.63, 3.8) is 0 Å². The van der Waals surface area contributed by atoms with Crippen LogP contribution < -0.4 is 24.0 Å². The van der Waals surface area contributed by atoms with E-state index in [4.69, 9.17) is 0 Å². The standard InChI is InChI=1S/C5H13NSe.HI/c1-6(2,3)4-5-7;/h4-5H2,1-3H3;1H. The van der Waals surface area contributed by atoms with E-state index < -0.39 is 0 Å². The van der Waals surface area contributed by atoms with Crippen molar-refractivity contribution >= 4 is 16.0 Å². The molecule has 0 aliphatic heterocycles. The van der Waals surface area contributed by atoms with Crippen molar-refractivity contribution in [2.75, 3.05) is 27.7 Å². The first-order valence-electron chi connectivity index (χ1n) is 2.47. The number of hydrogen-bond acceptors (Lipinski definition) is 0. The fourth-order valence-corrected chi connectivity index (χ4v) is 1.56. The second kappa shape index (κ2) is 5.03. The summed E-state index contributed by atoms with van der Waals surface area (Å²) in [6.07, 6.45) is 0. The van der Waals surface area contributed by atoms with Crippen LogP contribution in [0, 0.1) is 0 Å². The van der Waals surface area contributed by atoms with Gasteiger partial charge in [0.05, 0.1) is 0 Å². The van der Waals surface area contributed by atoms with Gasteiger partial charge in [-0.3, -0.25) is 0 Å². The molecule has 0 atom stereocenters. The minimum atomic E-state index is 0. The van der Waals surface area contributed by atoms with Crippen LogP contribution in [0.1, 0.15) is 0 Å². The molecule has 3 heteroatoms. The zero-order chi connectivity index (χ0) is 5.91. The fraction of sp³-hybridized carbons (Fsp3) is 1.00. The van der Waals surface area contributed by atoms with Crippen molar-refractivity contribution in [3.05, 3.63) is 0 Å². The van der Waals surface area contributed by atoms with Crippen molar-refractivity contribution in [1.29, 1.82) is 0 Å². The van der Waals surface area contributed by atoms with Gasteiger partial charge in [-0.1, -0.05) is 0 Å². The fourth-order valence-electron chi connectivity index (χ4n) is 0.300. The summed E-state index contributed by atoms with van der Waals surface area (Å²) in [6.45, 7) is 1.25. The third-order valence-electron chi connectivity index (χ3n) is 0.771. The normalized spacial score (nSPS) is 10.5. The molecule has 0 aliphatic carbocycles. The van der Waals surface area contributed by atoms with Crippen LogP contribution in [0.5, 0.6) is 0 Å². The van der Waals surface area contributed by atoms with Gasteiger partial charge >= 0.3 is 53.5 Å². The Labute approximate surface area is 77.2 Å². The molecule has 0 aliphatic rings. The van der Waals surface area contributed by atoms with Crippen molar-refractivity contribution in [2.45, 2.75) is 5.32 Å². The molecule has 0 bridgehead atoms. The molecule has 1 nitrogen and oxygen atoms in total. The second-order valence-electron chi connectivity index (χ2n) is 2.74. The van der Waals surface area contributed by atoms with Crippen LogP contribution in [-0.4, -0.2) is 48.2 Å². The monoisotopic (exact) mass is 295 g/mol. The van der Waals surface area contributed by atoms with Gasteiger partial charge in [-0.05, 0) is 0 Å². The summed E-state index contributed by atoms with van der Waals surface area (Å²) in [6, 6.07) is 0. The Morgan fingerprint density at radius 3 is 1.62 bits per heavy atom. The van der Waals surface area contributed by atoms with E-state index in [1.165, 1.54) is 11.9 Å². The summed E-state index contributed by atoms with van der Waals surface area (Å²) < 4.78 is 1.08. The predicted molar refractivity (Wildman–Crippen MR) is 34.9 cm³/mol. The van der Waals surface area contributed by atoms with E-state index in [1.807, 2.05) is 0 Å². The summed E-state index contributed by atoms with van der Waals surface area (Å²) >= 11 is 2.60. The van der Waals surface area contributed by atoms with Crippen molar-refractivity contribution < 1.29 is 28.5 Å². The van der Waals surface area contributed by atoms with Crippen molar-refractivity contribution in [3.8, 4) is 0 Å². The summed E-state index contributed by atoms with van der Waals surface area (Å²) in [4.78, 5) is 0. The molecule has 0 saturated heterocycles. The summed E-state index contributed by atoms with van der Waals surface area (Å²) in [5, 5.41) is 1.22. The molecule has 0 rings (SSSR count). The molecule has 0 amide bonds. The van der Waals surface area contributed by atoms with Crippen LogP contribution in [0.25, 0.3) is 0 Å². The molecule has 0 heterocycles. The molecule has 0 aromatic carbocycles. The van der Waals surface area contributed by atoms with E-state index >= 15 is 0 Å². The Kier molecular flexibility index (Phi) is 7.51. The number of halogens is 1. The van der Waals surface area contributed by atoms with E-state index in [-0.39, 0.29) is 24.0 Å². The third kappa shape index (κ3) is 10.2. The van der Waals surface area contributed by atoms with E-state index in [9.17, 15) is 0 Å². The summed E-state index contributed by atoms with van der Waals surface area (Å²) in [5.41, 5.74) is 0. The largest absolute Gasteiger partial charge is 1.00 e. The van der Waals surface area contributed by atoms with Crippen LogP contribution in [0.15, 0.2) is 0 Å². The van der Waals surface area contributed by atoms with Gasteiger partial charge in [-0.15, -0.1) is 0 Å². The van der Waals surface area contributed by atoms with Crippen LogP contribution in [0.2, 0.25) is 5.32 Å². The van der Waals surface area contributed by atoms with E-state index in [2.05, 4.69) is 37.2 Å². The molecule has 0 spiro atoms. The average Bonchev–Trinajstić information content (AvgIpc) is 1.30. The number of hydrogen-bond donors (Lipinski definition) is 0. The summed E-state index contributed by atoms with van der Waals surface area (Å²) in [7, 11) is 6.61. The van der Waals surface area contributed by atoms with Crippen LogP contribution in [0.3, 0.4) is 0 Å². The van der Waals surface area contributed by atoms with Gasteiger partial charge < -0.3 is 24.0 Å². The predicted octanol–water partition coefficient (Wildman–Crippen LogP) is -2.98. The van der Waals surface area contributed by atoms with Crippen LogP contribution >= 0.6 is 0 Å². The third-order valence-corrected chi connectivity index (χ3v) is 1.19. The van der Waals surface area contributed by atoms with Gasteiger partial charge in [0, 0.05) is 0 Å². The van der Waals surface area contributed by atoms with Gasteiger partial charge in [0.1, 0.15) is 0 Å². The van der Waals surface area contributed by atoms with E-state index in [1.54, 1.807) is 0 Å². The zero-order valence-corrected chi connectivity index (χ0v) is 9.72. The Morgan fingerprint density at radius 2 is 1.62 bits per heavy atom. The average molecular weight is 294 g/mol. The Morgan fingerprint density at radius 1 is 1.25 bits per heavy atom. The molecule has 0 unspecified atom stereocenters. The topological polar surface area (TPSA) is 0 Å². The number of rotatable bonds is 2. The number of quaternary nitrogens is 1. The van der Waals surface area contributed by atoms with Gasteiger partial charge in [-0.25, -0.2) is 0 Å². The number of nitrogens with zero attached hydrogens (tertiary/aromatic N) is 1. The van der Waals surface area contributed by atoms with E-state index in [0.717, 1.165) is 4.48 Å². The molecule has 8 heavy (non-hydrogen) atoms. The van der Waals surface area contributed by atoms with Crippen molar-refractivity contribution in [2.24, 2.45) is 0 Å². The van der Waals surface area contributed by atoms with Crippen LogP contribution in [0.4, 0.5) is 0 Å². The minimum absolute atomic E-state index is 0.